The molecule has 2 N–H and O–H groups in total. The molecule has 0 bridgehead atoms. The molecule has 0 aliphatic rings. The van der Waals surface area contributed by atoms with Crippen LogP contribution in [0.15, 0.2) is 42.5 Å². The van der Waals surface area contributed by atoms with Crippen molar-refractivity contribution in [1.82, 2.24) is 0 Å². The lowest BCUT2D eigenvalue weighted by atomic mass is 10.0. The van der Waals surface area contributed by atoms with E-state index >= 15 is 0 Å². The Kier molecular flexibility index (Phi) is 2.52. The summed E-state index contributed by atoms with van der Waals surface area (Å²) in [5.41, 5.74) is 1.53. The third kappa shape index (κ3) is 2.05. The molecule has 0 radical (unpaired) electrons. The van der Waals surface area contributed by atoms with E-state index in [0.717, 1.165) is 5.56 Å². The quantitative estimate of drug-likeness (QED) is 0.773. The van der Waals surface area contributed by atoms with E-state index in [1.54, 1.807) is 18.2 Å². The molecule has 3 heteroatoms. The molecule has 0 aliphatic heterocycles. The number of halogens is 1. The highest BCUT2D eigenvalue weighted by Crippen LogP contribution is 2.32. The molecule has 76 valence electrons. The standard InChI is InChI=1S/C12H9ClO2/c13-9-3-1-8(2-4-9)11-6-5-10(14)7-12(11)15/h1-7,14-15H. The summed E-state index contributed by atoms with van der Waals surface area (Å²) >= 11 is 5.76. The zero-order chi connectivity index (χ0) is 10.8. The summed E-state index contributed by atoms with van der Waals surface area (Å²) in [5, 5.41) is 19.4. The van der Waals surface area contributed by atoms with Crippen molar-refractivity contribution >= 4 is 11.6 Å². The van der Waals surface area contributed by atoms with Crippen LogP contribution in [0.3, 0.4) is 0 Å². The van der Waals surface area contributed by atoms with Gasteiger partial charge < -0.3 is 10.2 Å². The van der Waals surface area contributed by atoms with Crippen molar-refractivity contribution in [2.24, 2.45) is 0 Å². The lowest BCUT2D eigenvalue weighted by Gasteiger charge is -2.05. The summed E-state index contributed by atoms with van der Waals surface area (Å²) in [5.74, 6) is 0.0996. The van der Waals surface area contributed by atoms with Crippen molar-refractivity contribution < 1.29 is 10.2 Å². The molecule has 0 saturated carbocycles. The van der Waals surface area contributed by atoms with E-state index in [4.69, 9.17) is 16.7 Å². The number of phenols is 2. The van der Waals surface area contributed by atoms with Crippen LogP contribution in [0, 0.1) is 0 Å². The van der Waals surface area contributed by atoms with Crippen LogP contribution in [0.25, 0.3) is 11.1 Å². The molecule has 0 amide bonds. The molecule has 0 atom stereocenters. The van der Waals surface area contributed by atoms with Gasteiger partial charge >= 0.3 is 0 Å². The van der Waals surface area contributed by atoms with Crippen LogP contribution in [0.2, 0.25) is 5.02 Å². The van der Waals surface area contributed by atoms with Crippen LogP contribution in [0.5, 0.6) is 11.5 Å². The van der Waals surface area contributed by atoms with Crippen molar-refractivity contribution in [1.29, 1.82) is 0 Å². The van der Waals surface area contributed by atoms with E-state index in [0.29, 0.717) is 10.6 Å². The molecule has 0 spiro atoms. The SMILES string of the molecule is Oc1ccc(-c2ccc(Cl)cc2)c(O)c1. The number of hydrogen-bond acceptors (Lipinski definition) is 2. The topological polar surface area (TPSA) is 40.5 Å². The van der Waals surface area contributed by atoms with E-state index in [1.807, 2.05) is 12.1 Å². The van der Waals surface area contributed by atoms with Gasteiger partial charge in [0.05, 0.1) is 0 Å². The van der Waals surface area contributed by atoms with Crippen molar-refractivity contribution in [2.45, 2.75) is 0 Å². The molecule has 0 aliphatic carbocycles. The molecule has 0 fully saturated rings. The summed E-state index contributed by atoms with van der Waals surface area (Å²) < 4.78 is 0. The first-order valence-corrected chi connectivity index (χ1v) is 4.82. The number of phenolic OH excluding ortho intramolecular Hbond substituents is 2. The van der Waals surface area contributed by atoms with Gasteiger partial charge in [-0.2, -0.15) is 0 Å². The Morgan fingerprint density at radius 3 is 2.13 bits per heavy atom. The average Bonchev–Trinajstić information content (AvgIpc) is 2.20. The molecule has 2 aromatic rings. The van der Waals surface area contributed by atoms with Gasteiger partial charge in [0.2, 0.25) is 0 Å². The molecule has 0 heterocycles. The fourth-order valence-corrected chi connectivity index (χ4v) is 1.52. The van der Waals surface area contributed by atoms with E-state index in [9.17, 15) is 5.11 Å². The summed E-state index contributed by atoms with van der Waals surface area (Å²) in [7, 11) is 0. The van der Waals surface area contributed by atoms with Gasteiger partial charge in [-0.1, -0.05) is 23.7 Å². The minimum atomic E-state index is 0.0465. The fraction of sp³-hybridized carbons (Fsp3) is 0. The monoisotopic (exact) mass is 220 g/mol. The molecular weight excluding hydrogens is 212 g/mol. The van der Waals surface area contributed by atoms with E-state index in [-0.39, 0.29) is 11.5 Å². The van der Waals surface area contributed by atoms with Crippen LogP contribution in [0.1, 0.15) is 0 Å². The second kappa shape index (κ2) is 3.83. The Morgan fingerprint density at radius 1 is 0.867 bits per heavy atom. The van der Waals surface area contributed by atoms with Crippen LogP contribution >= 0.6 is 11.6 Å². The first-order valence-electron chi connectivity index (χ1n) is 4.45. The Hall–Kier alpha value is -1.67. The zero-order valence-corrected chi connectivity index (χ0v) is 8.57. The highest BCUT2D eigenvalue weighted by molar-refractivity contribution is 6.30. The van der Waals surface area contributed by atoms with Crippen LogP contribution in [-0.4, -0.2) is 10.2 Å². The predicted molar refractivity (Wildman–Crippen MR) is 60.2 cm³/mol. The maximum absolute atomic E-state index is 9.62. The minimum absolute atomic E-state index is 0.0465. The summed E-state index contributed by atoms with van der Waals surface area (Å²) in [6.07, 6.45) is 0. The number of benzene rings is 2. The van der Waals surface area contributed by atoms with Crippen molar-refractivity contribution in [3.05, 3.63) is 47.5 Å². The van der Waals surface area contributed by atoms with Gasteiger partial charge in [-0.15, -0.1) is 0 Å². The molecule has 2 rings (SSSR count). The molecule has 0 aromatic heterocycles. The molecule has 15 heavy (non-hydrogen) atoms. The Balaban J connectivity index is 2.49. The van der Waals surface area contributed by atoms with Gasteiger partial charge in [0, 0.05) is 16.7 Å². The fourth-order valence-electron chi connectivity index (χ4n) is 1.39. The van der Waals surface area contributed by atoms with Crippen LogP contribution in [-0.2, 0) is 0 Å². The molecule has 0 saturated heterocycles. The normalized spacial score (nSPS) is 10.2. The zero-order valence-electron chi connectivity index (χ0n) is 7.81. The van der Waals surface area contributed by atoms with E-state index in [2.05, 4.69) is 0 Å². The largest absolute Gasteiger partial charge is 0.508 e. The Bertz CT molecular complexity index is 477. The first-order chi connectivity index (χ1) is 7.16. The smallest absolute Gasteiger partial charge is 0.127 e. The summed E-state index contributed by atoms with van der Waals surface area (Å²) in [6.45, 7) is 0. The maximum Gasteiger partial charge on any atom is 0.127 e. The van der Waals surface area contributed by atoms with Crippen molar-refractivity contribution in [3.63, 3.8) is 0 Å². The van der Waals surface area contributed by atoms with Gasteiger partial charge in [0.25, 0.3) is 0 Å². The Labute approximate surface area is 92.4 Å². The van der Waals surface area contributed by atoms with E-state index in [1.165, 1.54) is 12.1 Å². The van der Waals surface area contributed by atoms with Gasteiger partial charge in [0.1, 0.15) is 11.5 Å². The van der Waals surface area contributed by atoms with Gasteiger partial charge in [-0.05, 0) is 29.8 Å². The molecule has 0 unspecified atom stereocenters. The summed E-state index contributed by atoms with van der Waals surface area (Å²) in [4.78, 5) is 0. The van der Waals surface area contributed by atoms with Crippen LogP contribution < -0.4 is 0 Å². The van der Waals surface area contributed by atoms with Gasteiger partial charge in [0.15, 0.2) is 0 Å². The van der Waals surface area contributed by atoms with Crippen molar-refractivity contribution in [2.75, 3.05) is 0 Å². The second-order valence-electron chi connectivity index (χ2n) is 3.21. The number of hydrogen-bond donors (Lipinski definition) is 2. The number of aromatic hydroxyl groups is 2. The highest BCUT2D eigenvalue weighted by atomic mass is 35.5. The molecule has 2 aromatic carbocycles. The Morgan fingerprint density at radius 2 is 1.53 bits per heavy atom. The minimum Gasteiger partial charge on any atom is -0.508 e. The van der Waals surface area contributed by atoms with Crippen LogP contribution in [0.4, 0.5) is 0 Å². The third-order valence-electron chi connectivity index (χ3n) is 2.14. The lowest BCUT2D eigenvalue weighted by molar-refractivity contribution is 0.452. The third-order valence-corrected chi connectivity index (χ3v) is 2.39. The van der Waals surface area contributed by atoms with Crippen molar-refractivity contribution in [3.8, 4) is 22.6 Å². The molecular formula is C12H9ClO2. The first kappa shape index (κ1) is 9.87. The molecule has 2 nitrogen and oxygen atoms in total. The highest BCUT2D eigenvalue weighted by Gasteiger charge is 2.04. The van der Waals surface area contributed by atoms with E-state index < -0.39 is 0 Å². The maximum atomic E-state index is 9.62. The van der Waals surface area contributed by atoms with Gasteiger partial charge in [-0.3, -0.25) is 0 Å². The van der Waals surface area contributed by atoms with Gasteiger partial charge in [-0.25, -0.2) is 0 Å². The number of rotatable bonds is 1. The predicted octanol–water partition coefficient (Wildman–Crippen LogP) is 3.42. The second-order valence-corrected chi connectivity index (χ2v) is 3.64. The summed E-state index contributed by atoms with van der Waals surface area (Å²) in [6, 6.07) is 11.6. The lowest BCUT2D eigenvalue weighted by Crippen LogP contribution is -1.78. The average molecular weight is 221 g/mol.